The minimum atomic E-state index is -0.0654. The molecule has 1 spiro atoms. The fourth-order valence-electron chi connectivity index (χ4n) is 2.85. The Balaban J connectivity index is 1.69. The zero-order valence-corrected chi connectivity index (χ0v) is 11.2. The van der Waals surface area contributed by atoms with Gasteiger partial charge in [-0.2, -0.15) is 0 Å². The van der Waals surface area contributed by atoms with Gasteiger partial charge >= 0.3 is 0 Å². The molecule has 0 saturated heterocycles. The molecule has 1 aromatic carbocycles. The zero-order chi connectivity index (χ0) is 11.7. The molecule has 1 heterocycles. The normalized spacial score (nSPS) is 32.3. The molecule has 3 heteroatoms. The average Bonchev–Trinajstić information content (AvgIpc) is 2.73. The zero-order valence-electron chi connectivity index (χ0n) is 9.66. The van der Waals surface area contributed by atoms with E-state index < -0.39 is 0 Å². The largest absolute Gasteiger partial charge is 0.265 e. The van der Waals surface area contributed by atoms with Crippen LogP contribution in [0.3, 0.4) is 0 Å². The maximum absolute atomic E-state index is 5.69. The second kappa shape index (κ2) is 4.46. The number of benzene rings is 1. The summed E-state index contributed by atoms with van der Waals surface area (Å²) in [5.74, 6) is 0.693. The molecule has 0 unspecified atom stereocenters. The van der Waals surface area contributed by atoms with E-state index in [0.717, 1.165) is 17.4 Å². The lowest BCUT2D eigenvalue weighted by Crippen LogP contribution is -2.34. The molecule has 1 N–H and O–H groups in total. The van der Waals surface area contributed by atoms with Crippen LogP contribution in [0.4, 0.5) is 0 Å². The summed E-state index contributed by atoms with van der Waals surface area (Å²) < 4.78 is 0.968. The molecule has 17 heavy (non-hydrogen) atoms. The van der Waals surface area contributed by atoms with Crippen LogP contribution in [-0.4, -0.2) is 5.60 Å². The first-order chi connectivity index (χ1) is 8.27. The molecule has 0 radical (unpaired) electrons. The van der Waals surface area contributed by atoms with Gasteiger partial charge in [-0.25, -0.2) is 0 Å². The summed E-state index contributed by atoms with van der Waals surface area (Å²) in [7, 11) is 0. The highest BCUT2D eigenvalue weighted by Gasteiger charge is 2.38. The van der Waals surface area contributed by atoms with Gasteiger partial charge in [-0.05, 0) is 59.2 Å². The number of halogens is 1. The van der Waals surface area contributed by atoms with Crippen LogP contribution in [0.15, 0.2) is 41.0 Å². The van der Waals surface area contributed by atoms with Gasteiger partial charge in [0.1, 0.15) is 10.2 Å². The second-order valence-electron chi connectivity index (χ2n) is 4.95. The molecule has 2 aliphatic rings. The van der Waals surface area contributed by atoms with Gasteiger partial charge in [-0.15, -0.1) is 0 Å². The molecule has 0 aromatic heterocycles. The molecular weight excluding hydrogens is 278 g/mol. The van der Waals surface area contributed by atoms with Crippen molar-refractivity contribution in [2.45, 2.75) is 37.2 Å². The number of hydrogen-bond donors (Lipinski definition) is 1. The van der Waals surface area contributed by atoms with Crippen molar-refractivity contribution in [2.24, 2.45) is 0 Å². The number of hydroxylamine groups is 1. The van der Waals surface area contributed by atoms with Crippen molar-refractivity contribution in [3.05, 3.63) is 46.6 Å². The van der Waals surface area contributed by atoms with Gasteiger partial charge in [-0.1, -0.05) is 30.3 Å². The Kier molecular flexibility index (Phi) is 2.97. The van der Waals surface area contributed by atoms with Crippen LogP contribution < -0.4 is 5.48 Å². The number of rotatable bonds is 1. The Labute approximate surface area is 110 Å². The summed E-state index contributed by atoms with van der Waals surface area (Å²) >= 11 is 3.43. The molecular formula is C14H16BrNO. The van der Waals surface area contributed by atoms with Crippen molar-refractivity contribution < 1.29 is 4.84 Å². The molecule has 1 aromatic rings. The van der Waals surface area contributed by atoms with Crippen molar-refractivity contribution in [3.8, 4) is 0 Å². The van der Waals surface area contributed by atoms with Crippen LogP contribution >= 0.6 is 15.9 Å². The number of nitrogens with one attached hydrogen (secondary N) is 1. The highest BCUT2D eigenvalue weighted by molar-refractivity contribution is 9.11. The van der Waals surface area contributed by atoms with E-state index in [4.69, 9.17) is 4.84 Å². The molecule has 0 atom stereocenters. The van der Waals surface area contributed by atoms with Gasteiger partial charge in [0.2, 0.25) is 0 Å². The SMILES string of the molecule is BrC1=CC2(CCC(c3ccccc3)CC2)ON1. The molecule has 1 aliphatic carbocycles. The van der Waals surface area contributed by atoms with Gasteiger partial charge in [0.05, 0.1) is 0 Å². The summed E-state index contributed by atoms with van der Waals surface area (Å²) in [5, 5.41) is 0. The van der Waals surface area contributed by atoms with Crippen LogP contribution in [0, 0.1) is 0 Å². The van der Waals surface area contributed by atoms with Crippen molar-refractivity contribution in [2.75, 3.05) is 0 Å². The monoisotopic (exact) mass is 293 g/mol. The average molecular weight is 294 g/mol. The molecule has 2 nitrogen and oxygen atoms in total. The van der Waals surface area contributed by atoms with E-state index in [2.05, 4.69) is 57.8 Å². The van der Waals surface area contributed by atoms with Crippen LogP contribution in [0.1, 0.15) is 37.2 Å². The van der Waals surface area contributed by atoms with Crippen molar-refractivity contribution in [3.63, 3.8) is 0 Å². The van der Waals surface area contributed by atoms with E-state index in [1.54, 1.807) is 0 Å². The van der Waals surface area contributed by atoms with Crippen molar-refractivity contribution in [1.82, 2.24) is 5.48 Å². The fraction of sp³-hybridized carbons (Fsp3) is 0.429. The van der Waals surface area contributed by atoms with Crippen LogP contribution in [-0.2, 0) is 4.84 Å². The summed E-state index contributed by atoms with van der Waals surface area (Å²) in [5.41, 5.74) is 4.32. The first-order valence-electron chi connectivity index (χ1n) is 6.15. The van der Waals surface area contributed by atoms with Gasteiger partial charge in [-0.3, -0.25) is 10.3 Å². The highest BCUT2D eigenvalue weighted by Crippen LogP contribution is 2.42. The van der Waals surface area contributed by atoms with Gasteiger partial charge in [0.25, 0.3) is 0 Å². The summed E-state index contributed by atoms with van der Waals surface area (Å²) in [6.07, 6.45) is 6.75. The van der Waals surface area contributed by atoms with E-state index in [1.807, 2.05) is 0 Å². The topological polar surface area (TPSA) is 21.3 Å². The predicted molar refractivity (Wildman–Crippen MR) is 71.6 cm³/mol. The van der Waals surface area contributed by atoms with E-state index in [0.29, 0.717) is 5.92 Å². The van der Waals surface area contributed by atoms with E-state index >= 15 is 0 Å². The summed E-state index contributed by atoms with van der Waals surface area (Å²) in [6, 6.07) is 10.8. The van der Waals surface area contributed by atoms with Gasteiger partial charge in [0.15, 0.2) is 0 Å². The lowest BCUT2D eigenvalue weighted by molar-refractivity contribution is -0.0615. The summed E-state index contributed by atoms with van der Waals surface area (Å²) in [6.45, 7) is 0. The Morgan fingerprint density at radius 2 is 1.88 bits per heavy atom. The van der Waals surface area contributed by atoms with E-state index in [1.165, 1.54) is 18.4 Å². The standard InChI is InChI=1S/C14H16BrNO/c15-13-10-14(17-16-13)8-6-12(7-9-14)11-4-2-1-3-5-11/h1-5,10,12,16H,6-9H2. The van der Waals surface area contributed by atoms with E-state index in [-0.39, 0.29) is 5.60 Å². The first-order valence-corrected chi connectivity index (χ1v) is 6.94. The minimum Gasteiger partial charge on any atom is -0.265 e. The van der Waals surface area contributed by atoms with Crippen LogP contribution in [0.25, 0.3) is 0 Å². The predicted octanol–water partition coefficient (Wildman–Crippen LogP) is 3.85. The molecule has 90 valence electrons. The fourth-order valence-corrected chi connectivity index (χ4v) is 3.35. The van der Waals surface area contributed by atoms with Crippen LogP contribution in [0.2, 0.25) is 0 Å². The third-order valence-electron chi connectivity index (χ3n) is 3.84. The molecule has 1 fully saturated rings. The smallest absolute Gasteiger partial charge is 0.117 e. The first kappa shape index (κ1) is 11.3. The van der Waals surface area contributed by atoms with Gasteiger partial charge < -0.3 is 0 Å². The molecule has 3 rings (SSSR count). The van der Waals surface area contributed by atoms with Crippen molar-refractivity contribution in [1.29, 1.82) is 0 Å². The summed E-state index contributed by atoms with van der Waals surface area (Å²) in [4.78, 5) is 5.69. The molecule has 1 aliphatic heterocycles. The third kappa shape index (κ3) is 2.26. The Morgan fingerprint density at radius 3 is 2.47 bits per heavy atom. The van der Waals surface area contributed by atoms with E-state index in [9.17, 15) is 0 Å². The minimum absolute atomic E-state index is 0.0654. The molecule has 0 amide bonds. The Morgan fingerprint density at radius 1 is 1.18 bits per heavy atom. The van der Waals surface area contributed by atoms with Crippen molar-refractivity contribution >= 4 is 15.9 Å². The lowest BCUT2D eigenvalue weighted by Gasteiger charge is -2.34. The molecule has 0 bridgehead atoms. The quantitative estimate of drug-likeness (QED) is 0.794. The molecule has 1 saturated carbocycles. The third-order valence-corrected chi connectivity index (χ3v) is 4.24. The number of hydrogen-bond acceptors (Lipinski definition) is 2. The Hall–Kier alpha value is -0.800. The lowest BCUT2D eigenvalue weighted by atomic mass is 9.76. The maximum Gasteiger partial charge on any atom is 0.117 e. The maximum atomic E-state index is 5.69. The highest BCUT2D eigenvalue weighted by atomic mass is 79.9. The van der Waals surface area contributed by atoms with Crippen LogP contribution in [0.5, 0.6) is 0 Å². The van der Waals surface area contributed by atoms with Gasteiger partial charge in [0, 0.05) is 0 Å². The Bertz CT molecular complexity index is 421. The second-order valence-corrected chi connectivity index (χ2v) is 5.80.